The summed E-state index contributed by atoms with van der Waals surface area (Å²) in [6.45, 7) is 1.21. The Bertz CT molecular complexity index is 367. The molecule has 1 aliphatic heterocycles. The van der Waals surface area contributed by atoms with E-state index in [4.69, 9.17) is 0 Å². The van der Waals surface area contributed by atoms with Crippen LogP contribution >= 0.6 is 0 Å². The average Bonchev–Trinajstić information content (AvgIpc) is 2.24. The zero-order valence-corrected chi connectivity index (χ0v) is 8.24. The SMILES string of the molecule is O=C1NCC[N]C1Cc1ccccc1F. The van der Waals surface area contributed by atoms with Crippen LogP contribution in [-0.2, 0) is 11.2 Å². The maximum Gasteiger partial charge on any atom is 0.239 e. The van der Waals surface area contributed by atoms with Gasteiger partial charge in [0.2, 0.25) is 5.91 Å². The van der Waals surface area contributed by atoms with Crippen molar-refractivity contribution in [3.8, 4) is 0 Å². The van der Waals surface area contributed by atoms with Gasteiger partial charge in [-0.15, -0.1) is 0 Å². The van der Waals surface area contributed by atoms with Gasteiger partial charge in [-0.25, -0.2) is 9.71 Å². The van der Waals surface area contributed by atoms with Crippen LogP contribution < -0.4 is 10.6 Å². The normalized spacial score (nSPS) is 21.1. The molecule has 3 nitrogen and oxygen atoms in total. The van der Waals surface area contributed by atoms with E-state index >= 15 is 0 Å². The van der Waals surface area contributed by atoms with E-state index in [1.165, 1.54) is 6.07 Å². The summed E-state index contributed by atoms with van der Waals surface area (Å²) in [5, 5.41) is 6.88. The second kappa shape index (κ2) is 4.40. The van der Waals surface area contributed by atoms with E-state index in [1.54, 1.807) is 18.2 Å². The summed E-state index contributed by atoms with van der Waals surface area (Å²) in [5.41, 5.74) is 0.545. The Kier molecular flexibility index (Phi) is 2.97. The fraction of sp³-hybridized carbons (Fsp3) is 0.364. The van der Waals surface area contributed by atoms with Gasteiger partial charge in [0.05, 0.1) is 0 Å². The molecule has 0 spiro atoms. The molecule has 15 heavy (non-hydrogen) atoms. The first-order chi connectivity index (χ1) is 7.27. The highest BCUT2D eigenvalue weighted by molar-refractivity contribution is 5.82. The zero-order chi connectivity index (χ0) is 10.7. The van der Waals surface area contributed by atoms with E-state index < -0.39 is 6.04 Å². The third-order valence-corrected chi connectivity index (χ3v) is 2.43. The monoisotopic (exact) mass is 207 g/mol. The maximum atomic E-state index is 13.3. The van der Waals surface area contributed by atoms with Crippen LogP contribution in [0, 0.1) is 5.82 Å². The fourth-order valence-corrected chi connectivity index (χ4v) is 1.63. The predicted molar refractivity (Wildman–Crippen MR) is 53.9 cm³/mol. The van der Waals surface area contributed by atoms with Gasteiger partial charge in [0.1, 0.15) is 11.9 Å². The molecule has 1 N–H and O–H groups in total. The number of nitrogens with one attached hydrogen (secondary N) is 1. The van der Waals surface area contributed by atoms with Crippen LogP contribution in [0.3, 0.4) is 0 Å². The van der Waals surface area contributed by atoms with Gasteiger partial charge in [0.25, 0.3) is 0 Å². The third kappa shape index (κ3) is 2.33. The first-order valence-corrected chi connectivity index (χ1v) is 4.95. The maximum absolute atomic E-state index is 13.3. The molecule has 4 heteroatoms. The van der Waals surface area contributed by atoms with Crippen LogP contribution in [0.1, 0.15) is 5.56 Å². The number of rotatable bonds is 2. The number of amides is 1. The van der Waals surface area contributed by atoms with Crippen LogP contribution in [0.15, 0.2) is 24.3 Å². The Hall–Kier alpha value is -1.42. The molecule has 0 aromatic heterocycles. The molecule has 79 valence electrons. The van der Waals surface area contributed by atoms with E-state index in [-0.39, 0.29) is 11.7 Å². The number of benzene rings is 1. The van der Waals surface area contributed by atoms with Crippen molar-refractivity contribution in [2.24, 2.45) is 0 Å². The Morgan fingerprint density at radius 1 is 1.47 bits per heavy atom. The van der Waals surface area contributed by atoms with Gasteiger partial charge in [0.15, 0.2) is 0 Å². The van der Waals surface area contributed by atoms with E-state index in [0.29, 0.717) is 25.1 Å². The molecule has 1 radical (unpaired) electrons. The first-order valence-electron chi connectivity index (χ1n) is 4.95. The van der Waals surface area contributed by atoms with Gasteiger partial charge in [-0.1, -0.05) is 18.2 Å². The summed E-state index contributed by atoms with van der Waals surface area (Å²) in [5.74, 6) is -0.379. The topological polar surface area (TPSA) is 43.2 Å². The molecule has 1 aromatic rings. The number of hydrogen-bond donors (Lipinski definition) is 1. The molecule has 0 aliphatic carbocycles. The number of carbonyl (C=O) groups excluding carboxylic acids is 1. The van der Waals surface area contributed by atoms with Crippen LogP contribution in [0.4, 0.5) is 4.39 Å². The smallest absolute Gasteiger partial charge is 0.239 e. The second-order valence-electron chi connectivity index (χ2n) is 3.51. The first kappa shape index (κ1) is 10.1. The van der Waals surface area contributed by atoms with Gasteiger partial charge in [-0.2, -0.15) is 0 Å². The number of halogens is 1. The largest absolute Gasteiger partial charge is 0.353 e. The summed E-state index contributed by atoms with van der Waals surface area (Å²) >= 11 is 0. The minimum atomic E-state index is -0.435. The lowest BCUT2D eigenvalue weighted by Crippen LogP contribution is -2.50. The van der Waals surface area contributed by atoms with Crippen molar-refractivity contribution in [2.75, 3.05) is 13.1 Å². The van der Waals surface area contributed by atoms with Crippen molar-refractivity contribution in [3.05, 3.63) is 35.6 Å². The summed E-state index contributed by atoms with van der Waals surface area (Å²) in [6, 6.07) is 6.05. The van der Waals surface area contributed by atoms with Crippen LogP contribution in [0.2, 0.25) is 0 Å². The number of nitrogens with zero attached hydrogens (tertiary/aromatic N) is 1. The van der Waals surface area contributed by atoms with Crippen LogP contribution in [-0.4, -0.2) is 25.0 Å². The van der Waals surface area contributed by atoms with E-state index in [0.717, 1.165) is 0 Å². The average molecular weight is 207 g/mol. The lowest BCUT2D eigenvalue weighted by atomic mass is 10.0. The highest BCUT2D eigenvalue weighted by Gasteiger charge is 2.23. The molecule has 2 rings (SSSR count). The highest BCUT2D eigenvalue weighted by Crippen LogP contribution is 2.10. The Morgan fingerprint density at radius 2 is 2.27 bits per heavy atom. The van der Waals surface area contributed by atoms with Crippen molar-refractivity contribution in [1.29, 1.82) is 0 Å². The van der Waals surface area contributed by atoms with Crippen molar-refractivity contribution < 1.29 is 9.18 Å². The summed E-state index contributed by atoms with van der Waals surface area (Å²) in [6.07, 6.45) is 0.346. The molecule has 0 bridgehead atoms. The molecular weight excluding hydrogens is 195 g/mol. The van der Waals surface area contributed by atoms with Gasteiger partial charge in [0, 0.05) is 19.5 Å². The zero-order valence-electron chi connectivity index (χ0n) is 8.24. The van der Waals surface area contributed by atoms with Gasteiger partial charge < -0.3 is 5.32 Å². The van der Waals surface area contributed by atoms with E-state index in [9.17, 15) is 9.18 Å². The second-order valence-corrected chi connectivity index (χ2v) is 3.51. The summed E-state index contributed by atoms with van der Waals surface area (Å²) < 4.78 is 13.3. The number of hydrogen-bond acceptors (Lipinski definition) is 1. The van der Waals surface area contributed by atoms with Crippen LogP contribution in [0.5, 0.6) is 0 Å². The van der Waals surface area contributed by atoms with Crippen molar-refractivity contribution >= 4 is 5.91 Å². The minimum Gasteiger partial charge on any atom is -0.353 e. The third-order valence-electron chi connectivity index (χ3n) is 2.43. The van der Waals surface area contributed by atoms with E-state index in [1.807, 2.05) is 0 Å². The molecular formula is C11H12FN2O. The quantitative estimate of drug-likeness (QED) is 0.752. The van der Waals surface area contributed by atoms with Crippen molar-refractivity contribution in [1.82, 2.24) is 10.6 Å². The van der Waals surface area contributed by atoms with Crippen molar-refractivity contribution in [2.45, 2.75) is 12.5 Å². The lowest BCUT2D eigenvalue weighted by molar-refractivity contribution is -0.124. The molecule has 0 saturated carbocycles. The molecule has 1 saturated heterocycles. The minimum absolute atomic E-state index is 0.107. The van der Waals surface area contributed by atoms with Gasteiger partial charge in [-0.05, 0) is 11.6 Å². The molecule has 1 heterocycles. The highest BCUT2D eigenvalue weighted by atomic mass is 19.1. The standard InChI is InChI=1S/C11H12FN2O/c12-9-4-2-1-3-8(9)7-10-11(15)14-6-5-13-10/h1-4,10H,5-7H2,(H,14,15). The predicted octanol–water partition coefficient (Wildman–Crippen LogP) is 0.471. The van der Waals surface area contributed by atoms with Crippen molar-refractivity contribution in [3.63, 3.8) is 0 Å². The van der Waals surface area contributed by atoms with Crippen LogP contribution in [0.25, 0.3) is 0 Å². The molecule has 1 aliphatic rings. The van der Waals surface area contributed by atoms with Gasteiger partial charge >= 0.3 is 0 Å². The Balaban J connectivity index is 2.08. The number of piperazine rings is 1. The van der Waals surface area contributed by atoms with Gasteiger partial charge in [-0.3, -0.25) is 4.79 Å². The fourth-order valence-electron chi connectivity index (χ4n) is 1.63. The summed E-state index contributed by atoms with van der Waals surface area (Å²) in [4.78, 5) is 11.4. The lowest BCUT2D eigenvalue weighted by Gasteiger charge is -2.21. The van der Waals surface area contributed by atoms with E-state index in [2.05, 4.69) is 10.6 Å². The number of carbonyl (C=O) groups is 1. The Morgan fingerprint density at radius 3 is 3.00 bits per heavy atom. The molecule has 1 atom stereocenters. The molecule has 1 unspecified atom stereocenters. The Labute approximate surface area is 87.7 Å². The molecule has 1 aromatic carbocycles. The molecule has 1 fully saturated rings. The summed E-state index contributed by atoms with van der Waals surface area (Å²) in [7, 11) is 0. The molecule has 1 amide bonds.